The minimum atomic E-state index is -0.355. The zero-order chi connectivity index (χ0) is 31.6. The normalized spacial score (nSPS) is 10.9. The maximum Gasteiger partial charge on any atom is 0.316 e. The Morgan fingerprint density at radius 1 is 0.867 bits per heavy atom. The Balaban J connectivity index is 1.21. The predicted octanol–water partition coefficient (Wildman–Crippen LogP) is 5.97. The number of hydrogen-bond donors (Lipinski definition) is 1. The monoisotopic (exact) mass is 627 g/mol. The molecule has 0 aliphatic heterocycles. The third-order valence-corrected chi connectivity index (χ3v) is 8.05. The van der Waals surface area contributed by atoms with Crippen molar-refractivity contribution in [1.82, 2.24) is 24.8 Å². The number of amides is 1. The second-order valence-corrected chi connectivity index (χ2v) is 11.2. The maximum atomic E-state index is 13.4. The summed E-state index contributed by atoms with van der Waals surface area (Å²) in [4.78, 5) is 38.2. The molecule has 11 heteroatoms. The highest BCUT2D eigenvalue weighted by Gasteiger charge is 2.12. The van der Waals surface area contributed by atoms with Crippen molar-refractivity contribution < 1.29 is 18.3 Å². The van der Waals surface area contributed by atoms with Crippen molar-refractivity contribution >= 4 is 17.7 Å². The number of carbonyl (C=O) groups is 1. The molecule has 0 spiro atoms. The summed E-state index contributed by atoms with van der Waals surface area (Å²) in [6, 6.07) is 20.5. The van der Waals surface area contributed by atoms with Crippen molar-refractivity contribution in [2.24, 2.45) is 0 Å². The van der Waals surface area contributed by atoms with E-state index < -0.39 is 0 Å². The van der Waals surface area contributed by atoms with Crippen LogP contribution in [0.1, 0.15) is 35.1 Å². The summed E-state index contributed by atoms with van der Waals surface area (Å²) < 4.78 is 33.5. The van der Waals surface area contributed by atoms with Crippen LogP contribution in [0.4, 0.5) is 8.78 Å². The van der Waals surface area contributed by atoms with Crippen LogP contribution in [0.2, 0.25) is 0 Å². The third-order valence-electron chi connectivity index (χ3n) is 6.99. The lowest BCUT2D eigenvalue weighted by atomic mass is 10.0. The molecule has 45 heavy (non-hydrogen) atoms. The van der Waals surface area contributed by atoms with E-state index in [1.54, 1.807) is 42.9 Å². The van der Waals surface area contributed by atoms with Crippen LogP contribution in [-0.2, 0) is 30.1 Å². The molecule has 5 aromatic rings. The fraction of sp³-hybridized carbons (Fsp3) is 0.206. The van der Waals surface area contributed by atoms with Crippen LogP contribution in [0.5, 0.6) is 6.01 Å². The number of rotatable bonds is 13. The van der Waals surface area contributed by atoms with Crippen LogP contribution in [0.15, 0.2) is 101 Å². The van der Waals surface area contributed by atoms with Crippen LogP contribution in [0, 0.1) is 11.6 Å². The molecule has 2 aromatic heterocycles. The molecule has 1 amide bonds. The minimum Gasteiger partial charge on any atom is -0.467 e. The molecular formula is C34H31F2N5O3S. The minimum absolute atomic E-state index is 0.0947. The van der Waals surface area contributed by atoms with Gasteiger partial charge < -0.3 is 14.6 Å². The lowest BCUT2D eigenvalue weighted by Gasteiger charge is -2.14. The predicted molar refractivity (Wildman–Crippen MR) is 169 cm³/mol. The van der Waals surface area contributed by atoms with Crippen LogP contribution in [-0.4, -0.2) is 32.5 Å². The molecule has 0 radical (unpaired) electrons. The van der Waals surface area contributed by atoms with E-state index in [-0.39, 0.29) is 35.5 Å². The summed E-state index contributed by atoms with van der Waals surface area (Å²) in [6.07, 6.45) is 6.08. The van der Waals surface area contributed by atoms with Gasteiger partial charge in [0.05, 0.1) is 7.11 Å². The Morgan fingerprint density at radius 2 is 1.47 bits per heavy atom. The highest BCUT2D eigenvalue weighted by molar-refractivity contribution is 7.98. The molecule has 0 aliphatic carbocycles. The Hall–Kier alpha value is -4.90. The van der Waals surface area contributed by atoms with Crippen LogP contribution in [0.25, 0.3) is 11.1 Å². The van der Waals surface area contributed by atoms with Crippen molar-refractivity contribution in [2.45, 2.75) is 43.3 Å². The molecule has 0 saturated heterocycles. The Labute approximate surface area is 263 Å². The number of nitrogens with zero attached hydrogens (tertiary/aromatic N) is 4. The van der Waals surface area contributed by atoms with Gasteiger partial charge in [0.1, 0.15) is 11.6 Å². The SMILES string of the molecule is COc1ncc(Cc2cn(CCCC(=O)NCc3ccc(-c4ccc(F)cc4)cc3)c(SCc3ccc(F)cc3)nc2=O)cn1. The molecule has 1 N–H and O–H groups in total. The van der Waals surface area contributed by atoms with Gasteiger partial charge in [-0.2, -0.15) is 4.98 Å². The number of ether oxygens (including phenoxy) is 1. The highest BCUT2D eigenvalue weighted by atomic mass is 32.2. The van der Waals surface area contributed by atoms with Crippen LogP contribution in [0.3, 0.4) is 0 Å². The average molecular weight is 628 g/mol. The number of aryl methyl sites for hydroxylation is 1. The quantitative estimate of drug-likeness (QED) is 0.127. The zero-order valence-electron chi connectivity index (χ0n) is 24.6. The number of thioether (sulfide) groups is 1. The van der Waals surface area contributed by atoms with E-state index in [9.17, 15) is 18.4 Å². The van der Waals surface area contributed by atoms with Gasteiger partial charge in [-0.25, -0.2) is 18.7 Å². The number of halogens is 2. The zero-order valence-corrected chi connectivity index (χ0v) is 25.4. The van der Waals surface area contributed by atoms with E-state index in [2.05, 4.69) is 20.3 Å². The van der Waals surface area contributed by atoms with Gasteiger partial charge >= 0.3 is 6.01 Å². The molecule has 0 aliphatic rings. The first-order valence-corrected chi connectivity index (χ1v) is 15.3. The first-order valence-electron chi connectivity index (χ1n) is 14.3. The first kappa shape index (κ1) is 31.5. The first-order chi connectivity index (χ1) is 21.9. The van der Waals surface area contributed by atoms with Gasteiger partial charge in [-0.1, -0.05) is 60.3 Å². The second-order valence-electron chi connectivity index (χ2n) is 10.3. The van der Waals surface area contributed by atoms with E-state index >= 15 is 0 Å². The van der Waals surface area contributed by atoms with Gasteiger partial charge in [0.25, 0.3) is 5.56 Å². The highest BCUT2D eigenvalue weighted by Crippen LogP contribution is 2.22. The fourth-order valence-electron chi connectivity index (χ4n) is 4.56. The molecule has 0 saturated carbocycles. The van der Waals surface area contributed by atoms with E-state index in [4.69, 9.17) is 4.74 Å². The van der Waals surface area contributed by atoms with E-state index in [1.165, 1.54) is 43.1 Å². The summed E-state index contributed by atoms with van der Waals surface area (Å²) >= 11 is 1.38. The Kier molecular flexibility index (Phi) is 10.7. The molecule has 8 nitrogen and oxygen atoms in total. The van der Waals surface area contributed by atoms with Gasteiger partial charge in [0.15, 0.2) is 5.16 Å². The molecule has 2 heterocycles. The summed E-state index contributed by atoms with van der Waals surface area (Å²) in [7, 11) is 1.48. The lowest BCUT2D eigenvalue weighted by molar-refractivity contribution is -0.121. The number of nitrogens with one attached hydrogen (secondary N) is 1. The van der Waals surface area contributed by atoms with E-state index in [1.807, 2.05) is 28.8 Å². The van der Waals surface area contributed by atoms with Gasteiger partial charge in [-0.05, 0) is 58.5 Å². The summed E-state index contributed by atoms with van der Waals surface area (Å²) in [5.74, 6) is -0.188. The average Bonchev–Trinajstić information content (AvgIpc) is 3.06. The molecular weight excluding hydrogens is 596 g/mol. The number of benzene rings is 3. The maximum absolute atomic E-state index is 13.4. The van der Waals surface area contributed by atoms with E-state index in [0.29, 0.717) is 42.4 Å². The number of aromatic nitrogens is 4. The van der Waals surface area contributed by atoms with Crippen LogP contribution < -0.4 is 15.6 Å². The van der Waals surface area contributed by atoms with Gasteiger partial charge in [-0.3, -0.25) is 9.59 Å². The summed E-state index contributed by atoms with van der Waals surface area (Å²) in [5, 5.41) is 3.47. The largest absolute Gasteiger partial charge is 0.467 e. The molecule has 0 bridgehead atoms. The van der Waals surface area contributed by atoms with Gasteiger partial charge in [-0.15, -0.1) is 0 Å². The van der Waals surface area contributed by atoms with Crippen molar-refractivity contribution in [2.75, 3.05) is 7.11 Å². The Morgan fingerprint density at radius 3 is 2.11 bits per heavy atom. The van der Waals surface area contributed by atoms with Crippen molar-refractivity contribution in [3.63, 3.8) is 0 Å². The molecule has 3 aromatic carbocycles. The standard InChI is InChI=1S/C34H31F2N5O3S/c1-44-33-38-19-25(20-39-33)17-28-21-41(34(40-32(28)43)45-22-24-6-12-29(35)13-7-24)16-2-3-31(42)37-18-23-4-8-26(9-5-23)27-10-14-30(36)15-11-27/h4-15,19-21H,2-3,16-18,22H2,1H3,(H,37,42). The van der Waals surface area contributed by atoms with Gasteiger partial charge in [0.2, 0.25) is 5.91 Å². The summed E-state index contributed by atoms with van der Waals surface area (Å²) in [6.45, 7) is 0.847. The second kappa shape index (κ2) is 15.2. The third kappa shape index (κ3) is 9.05. The number of hydrogen-bond acceptors (Lipinski definition) is 7. The number of methoxy groups -OCH3 is 1. The number of carbonyl (C=O) groups excluding carboxylic acids is 1. The molecule has 0 atom stereocenters. The molecule has 230 valence electrons. The van der Waals surface area contributed by atoms with Crippen molar-refractivity contribution in [1.29, 1.82) is 0 Å². The van der Waals surface area contributed by atoms with Crippen molar-refractivity contribution in [3.05, 3.63) is 136 Å². The fourth-order valence-corrected chi connectivity index (χ4v) is 5.51. The molecule has 0 fully saturated rings. The van der Waals surface area contributed by atoms with Crippen LogP contribution >= 0.6 is 11.8 Å². The van der Waals surface area contributed by atoms with Crippen molar-refractivity contribution in [3.8, 4) is 17.1 Å². The van der Waals surface area contributed by atoms with E-state index in [0.717, 1.165) is 27.8 Å². The van der Waals surface area contributed by atoms with Gasteiger partial charge in [0, 0.05) is 55.8 Å². The lowest BCUT2D eigenvalue weighted by Crippen LogP contribution is -2.23. The Bertz CT molecular complexity index is 1780. The topological polar surface area (TPSA) is 99.0 Å². The smallest absolute Gasteiger partial charge is 0.316 e. The summed E-state index contributed by atoms with van der Waals surface area (Å²) in [5.41, 5.74) is 4.58. The molecule has 0 unspecified atom stereocenters. The molecule has 5 rings (SSSR count).